The van der Waals surface area contributed by atoms with Crippen LogP contribution in [-0.4, -0.2) is 42.9 Å². The molecule has 2 aliphatic rings. The number of halogens is 1. The van der Waals surface area contributed by atoms with E-state index in [1.165, 1.54) is 0 Å². The Morgan fingerprint density at radius 2 is 1.73 bits per heavy atom. The molecule has 0 radical (unpaired) electrons. The molecule has 2 aliphatic heterocycles. The molecule has 1 N–H and O–H groups in total. The highest BCUT2D eigenvalue weighted by molar-refractivity contribution is 6.31. The standard InChI is InChI=1S/C24H28ClN3O2/c1-17-9-13-27(14-10-17)22-8-7-20(16-21(22)24(30)28-11-2-3-12-28)26-23(29)18-5-4-6-19(25)15-18/h4-8,15-17H,2-3,9-14H2,1H3,(H,26,29). The Kier molecular flexibility index (Phi) is 6.28. The van der Waals surface area contributed by atoms with Crippen molar-refractivity contribution in [2.75, 3.05) is 36.4 Å². The highest BCUT2D eigenvalue weighted by Gasteiger charge is 2.26. The highest BCUT2D eigenvalue weighted by atomic mass is 35.5. The summed E-state index contributed by atoms with van der Waals surface area (Å²) in [5, 5.41) is 3.44. The Labute approximate surface area is 183 Å². The molecule has 0 spiro atoms. The van der Waals surface area contributed by atoms with Gasteiger partial charge in [-0.1, -0.05) is 24.6 Å². The lowest BCUT2D eigenvalue weighted by molar-refractivity contribution is 0.0793. The van der Waals surface area contributed by atoms with Gasteiger partial charge in [-0.25, -0.2) is 0 Å². The second-order valence-corrected chi connectivity index (χ2v) is 8.80. The largest absolute Gasteiger partial charge is 0.371 e. The molecule has 2 fully saturated rings. The van der Waals surface area contributed by atoms with E-state index >= 15 is 0 Å². The van der Waals surface area contributed by atoms with Gasteiger partial charge in [0.05, 0.1) is 5.56 Å². The first-order chi connectivity index (χ1) is 14.5. The first-order valence-corrected chi connectivity index (χ1v) is 11.1. The summed E-state index contributed by atoms with van der Waals surface area (Å²) in [5.41, 5.74) is 2.76. The molecule has 0 aromatic heterocycles. The van der Waals surface area contributed by atoms with Crippen LogP contribution < -0.4 is 10.2 Å². The van der Waals surface area contributed by atoms with E-state index in [9.17, 15) is 9.59 Å². The topological polar surface area (TPSA) is 52.7 Å². The van der Waals surface area contributed by atoms with Crippen LogP contribution in [0, 0.1) is 5.92 Å². The third kappa shape index (κ3) is 4.62. The van der Waals surface area contributed by atoms with E-state index in [0.717, 1.165) is 63.5 Å². The summed E-state index contributed by atoms with van der Waals surface area (Å²) >= 11 is 6.01. The second-order valence-electron chi connectivity index (χ2n) is 8.37. The molecule has 0 unspecified atom stereocenters. The molecule has 2 saturated heterocycles. The molecule has 2 amide bonds. The van der Waals surface area contributed by atoms with Gasteiger partial charge in [0.15, 0.2) is 0 Å². The first-order valence-electron chi connectivity index (χ1n) is 10.8. The highest BCUT2D eigenvalue weighted by Crippen LogP contribution is 2.30. The van der Waals surface area contributed by atoms with E-state index < -0.39 is 0 Å². The summed E-state index contributed by atoms with van der Waals surface area (Å²) in [5.74, 6) is 0.534. The smallest absolute Gasteiger partial charge is 0.256 e. The van der Waals surface area contributed by atoms with Crippen LogP contribution in [0.2, 0.25) is 5.02 Å². The summed E-state index contributed by atoms with van der Waals surface area (Å²) in [6.07, 6.45) is 4.36. The van der Waals surface area contributed by atoms with Crippen molar-refractivity contribution in [2.24, 2.45) is 5.92 Å². The van der Waals surface area contributed by atoms with Crippen LogP contribution in [0.25, 0.3) is 0 Å². The van der Waals surface area contributed by atoms with E-state index in [4.69, 9.17) is 11.6 Å². The van der Waals surface area contributed by atoms with Gasteiger partial charge in [-0.2, -0.15) is 0 Å². The summed E-state index contributed by atoms with van der Waals surface area (Å²) in [4.78, 5) is 30.2. The Morgan fingerprint density at radius 3 is 2.43 bits per heavy atom. The molecule has 6 heteroatoms. The Balaban J connectivity index is 1.61. The van der Waals surface area contributed by atoms with Crippen molar-refractivity contribution in [2.45, 2.75) is 32.6 Å². The quantitative estimate of drug-likeness (QED) is 0.744. The summed E-state index contributed by atoms with van der Waals surface area (Å²) in [7, 11) is 0. The number of carbonyl (C=O) groups is 2. The van der Waals surface area contributed by atoms with Crippen LogP contribution in [0.1, 0.15) is 53.3 Å². The normalized spacial score (nSPS) is 17.3. The molecule has 0 atom stereocenters. The molecule has 2 aromatic carbocycles. The van der Waals surface area contributed by atoms with E-state index in [-0.39, 0.29) is 11.8 Å². The van der Waals surface area contributed by atoms with Crippen LogP contribution in [-0.2, 0) is 0 Å². The predicted molar refractivity (Wildman–Crippen MR) is 122 cm³/mol. The van der Waals surface area contributed by atoms with Crippen LogP contribution in [0.15, 0.2) is 42.5 Å². The molecule has 4 rings (SSSR count). The van der Waals surface area contributed by atoms with Crippen LogP contribution in [0.4, 0.5) is 11.4 Å². The van der Waals surface area contributed by atoms with Gasteiger partial charge in [0.1, 0.15) is 0 Å². The molecule has 0 aliphatic carbocycles. The maximum absolute atomic E-state index is 13.3. The van der Waals surface area contributed by atoms with Gasteiger partial charge in [0.2, 0.25) is 0 Å². The fraction of sp³-hybridized carbons (Fsp3) is 0.417. The molecular weight excluding hydrogens is 398 g/mol. The minimum absolute atomic E-state index is 0.0555. The van der Waals surface area contributed by atoms with Gasteiger partial charge >= 0.3 is 0 Å². The molecule has 2 heterocycles. The lowest BCUT2D eigenvalue weighted by atomic mass is 9.97. The van der Waals surface area contributed by atoms with E-state index in [0.29, 0.717) is 21.8 Å². The van der Waals surface area contributed by atoms with Crippen molar-refractivity contribution >= 4 is 34.8 Å². The summed E-state index contributed by atoms with van der Waals surface area (Å²) < 4.78 is 0. The maximum Gasteiger partial charge on any atom is 0.256 e. The van der Waals surface area contributed by atoms with Gasteiger partial charge < -0.3 is 15.1 Å². The van der Waals surface area contributed by atoms with Gasteiger partial charge in [-0.05, 0) is 68.0 Å². The summed E-state index contributed by atoms with van der Waals surface area (Å²) in [6, 6.07) is 12.5. The van der Waals surface area contributed by atoms with Crippen molar-refractivity contribution in [1.82, 2.24) is 4.90 Å². The zero-order chi connectivity index (χ0) is 21.1. The number of benzene rings is 2. The number of rotatable bonds is 4. The third-order valence-corrected chi connectivity index (χ3v) is 6.32. The Bertz CT molecular complexity index is 932. The van der Waals surface area contributed by atoms with Gasteiger partial charge in [0, 0.05) is 48.1 Å². The third-order valence-electron chi connectivity index (χ3n) is 6.09. The van der Waals surface area contributed by atoms with E-state index in [1.54, 1.807) is 24.3 Å². The number of amides is 2. The SMILES string of the molecule is CC1CCN(c2ccc(NC(=O)c3cccc(Cl)c3)cc2C(=O)N2CCCC2)CC1. The molecule has 30 heavy (non-hydrogen) atoms. The average Bonchev–Trinajstić information content (AvgIpc) is 3.29. The fourth-order valence-electron chi connectivity index (χ4n) is 4.23. The van der Waals surface area contributed by atoms with Gasteiger partial charge in [-0.15, -0.1) is 0 Å². The minimum Gasteiger partial charge on any atom is -0.371 e. The monoisotopic (exact) mass is 425 g/mol. The number of carbonyl (C=O) groups excluding carboxylic acids is 2. The minimum atomic E-state index is -0.239. The maximum atomic E-state index is 13.3. The Hall–Kier alpha value is -2.53. The lowest BCUT2D eigenvalue weighted by Crippen LogP contribution is -2.35. The number of hydrogen-bond donors (Lipinski definition) is 1. The van der Waals surface area contributed by atoms with Crippen LogP contribution >= 0.6 is 11.6 Å². The van der Waals surface area contributed by atoms with Crippen LogP contribution in [0.5, 0.6) is 0 Å². The van der Waals surface area contributed by atoms with Gasteiger partial charge in [-0.3, -0.25) is 9.59 Å². The Morgan fingerprint density at radius 1 is 1.00 bits per heavy atom. The predicted octanol–water partition coefficient (Wildman–Crippen LogP) is 5.06. The second kappa shape index (κ2) is 9.09. The molecule has 5 nitrogen and oxygen atoms in total. The van der Waals surface area contributed by atoms with Crippen LogP contribution in [0.3, 0.4) is 0 Å². The van der Waals surface area contributed by atoms with Gasteiger partial charge in [0.25, 0.3) is 11.8 Å². The molecule has 0 bridgehead atoms. The number of nitrogens with one attached hydrogen (secondary N) is 1. The molecule has 2 aromatic rings. The van der Waals surface area contributed by atoms with Crippen molar-refractivity contribution in [3.05, 3.63) is 58.6 Å². The molecule has 0 saturated carbocycles. The van der Waals surface area contributed by atoms with E-state index in [2.05, 4.69) is 17.1 Å². The van der Waals surface area contributed by atoms with Crippen molar-refractivity contribution in [3.63, 3.8) is 0 Å². The number of piperidine rings is 1. The average molecular weight is 426 g/mol. The number of anilines is 2. The number of hydrogen-bond acceptors (Lipinski definition) is 3. The van der Waals surface area contributed by atoms with Crippen molar-refractivity contribution in [3.8, 4) is 0 Å². The summed E-state index contributed by atoms with van der Waals surface area (Å²) in [6.45, 7) is 5.79. The van der Waals surface area contributed by atoms with Crippen molar-refractivity contribution < 1.29 is 9.59 Å². The lowest BCUT2D eigenvalue weighted by Gasteiger charge is -2.34. The number of nitrogens with zero attached hydrogens (tertiary/aromatic N) is 2. The first kappa shape index (κ1) is 20.7. The van der Waals surface area contributed by atoms with E-state index in [1.807, 2.05) is 23.1 Å². The number of likely N-dealkylation sites (tertiary alicyclic amines) is 1. The van der Waals surface area contributed by atoms with Crippen molar-refractivity contribution in [1.29, 1.82) is 0 Å². The fourth-order valence-corrected chi connectivity index (χ4v) is 4.42. The molecular formula is C24H28ClN3O2. The zero-order valence-electron chi connectivity index (χ0n) is 17.4. The molecule has 158 valence electrons. The zero-order valence-corrected chi connectivity index (χ0v) is 18.1.